The van der Waals surface area contributed by atoms with Gasteiger partial charge in [0, 0.05) is 25.2 Å². The summed E-state index contributed by atoms with van der Waals surface area (Å²) in [5.74, 6) is -1.05. The minimum Gasteiger partial charge on any atom is -0.489 e. The number of halogens is 2. The summed E-state index contributed by atoms with van der Waals surface area (Å²) in [6.45, 7) is 2.98. The number of ether oxygens (including phenoxy) is 1. The number of hydrogen-bond acceptors (Lipinski definition) is 4. The van der Waals surface area contributed by atoms with Crippen molar-refractivity contribution in [1.82, 2.24) is 9.80 Å². The molecule has 8 heteroatoms. The van der Waals surface area contributed by atoms with E-state index in [0.717, 1.165) is 5.56 Å². The normalized spacial score (nSPS) is 17.4. The Hall–Kier alpha value is -2.64. The van der Waals surface area contributed by atoms with E-state index >= 15 is 0 Å². The Morgan fingerprint density at radius 2 is 2.03 bits per heavy atom. The first-order valence-corrected chi connectivity index (χ1v) is 9.62. The molecular weight excluding hydrogens is 399 g/mol. The lowest BCUT2D eigenvalue weighted by Gasteiger charge is -2.38. The van der Waals surface area contributed by atoms with Crippen molar-refractivity contribution in [1.29, 1.82) is 0 Å². The average Bonchev–Trinajstić information content (AvgIpc) is 2.67. The molecule has 2 aromatic rings. The molecule has 1 atom stereocenters. The number of rotatable bonds is 7. The van der Waals surface area contributed by atoms with E-state index in [9.17, 15) is 14.0 Å². The van der Waals surface area contributed by atoms with Gasteiger partial charge in [0.25, 0.3) is 0 Å². The molecule has 29 heavy (non-hydrogen) atoms. The second kappa shape index (κ2) is 9.24. The number of amides is 1. The van der Waals surface area contributed by atoms with Crippen molar-refractivity contribution in [2.75, 3.05) is 19.6 Å². The number of carboxylic acids is 1. The number of piperazine rings is 1. The van der Waals surface area contributed by atoms with Gasteiger partial charge >= 0.3 is 5.97 Å². The lowest BCUT2D eigenvalue weighted by Crippen LogP contribution is -2.56. The van der Waals surface area contributed by atoms with E-state index in [4.69, 9.17) is 21.4 Å². The van der Waals surface area contributed by atoms with Gasteiger partial charge in [-0.1, -0.05) is 29.8 Å². The number of nitrogens with zero attached hydrogens (tertiary/aromatic N) is 2. The summed E-state index contributed by atoms with van der Waals surface area (Å²) >= 11 is 6.03. The Kier molecular flexibility index (Phi) is 6.71. The molecule has 0 aromatic heterocycles. The Morgan fingerprint density at radius 3 is 2.76 bits per heavy atom. The molecule has 1 amide bonds. The Labute approximate surface area is 173 Å². The first kappa shape index (κ1) is 21.1. The van der Waals surface area contributed by atoms with Crippen molar-refractivity contribution in [3.8, 4) is 5.75 Å². The lowest BCUT2D eigenvalue weighted by molar-refractivity contribution is -0.150. The highest BCUT2D eigenvalue weighted by Gasteiger charge is 2.32. The molecule has 3 rings (SSSR count). The maximum atomic E-state index is 13.9. The highest BCUT2D eigenvalue weighted by molar-refractivity contribution is 6.31. The average molecular weight is 421 g/mol. The number of hydrogen-bond donors (Lipinski definition) is 1. The largest absolute Gasteiger partial charge is 0.489 e. The van der Waals surface area contributed by atoms with E-state index in [2.05, 4.69) is 0 Å². The predicted molar refractivity (Wildman–Crippen MR) is 106 cm³/mol. The van der Waals surface area contributed by atoms with Crippen LogP contribution in [0.1, 0.15) is 18.1 Å². The summed E-state index contributed by atoms with van der Waals surface area (Å²) in [7, 11) is 0. The van der Waals surface area contributed by atoms with Gasteiger partial charge in [-0.2, -0.15) is 0 Å². The van der Waals surface area contributed by atoms with E-state index in [1.54, 1.807) is 25.1 Å². The Balaban J connectivity index is 1.63. The van der Waals surface area contributed by atoms with Crippen LogP contribution in [0.2, 0.25) is 5.02 Å². The summed E-state index contributed by atoms with van der Waals surface area (Å²) in [4.78, 5) is 26.6. The van der Waals surface area contributed by atoms with Gasteiger partial charge in [0.15, 0.2) is 0 Å². The van der Waals surface area contributed by atoms with Crippen LogP contribution in [0, 0.1) is 5.82 Å². The lowest BCUT2D eigenvalue weighted by atomic mass is 10.1. The van der Waals surface area contributed by atoms with Gasteiger partial charge in [0.05, 0.1) is 11.1 Å². The molecule has 1 aliphatic heterocycles. The second-order valence-electron chi connectivity index (χ2n) is 6.94. The van der Waals surface area contributed by atoms with Gasteiger partial charge in [-0.25, -0.2) is 4.39 Å². The summed E-state index contributed by atoms with van der Waals surface area (Å²) in [5, 5.41) is 9.23. The summed E-state index contributed by atoms with van der Waals surface area (Å²) < 4.78 is 19.6. The molecule has 154 valence electrons. The zero-order chi connectivity index (χ0) is 21.0. The molecule has 2 aromatic carbocycles. The molecule has 1 unspecified atom stereocenters. The molecule has 1 aliphatic rings. The Bertz CT molecular complexity index is 888. The number of carboxylic acid groups (broad SMARTS) is 1. The molecule has 1 N–H and O–H groups in total. The van der Waals surface area contributed by atoms with Crippen LogP contribution in [-0.4, -0.2) is 52.5 Å². The number of carbonyl (C=O) groups excluding carboxylic acids is 1. The zero-order valence-corrected chi connectivity index (χ0v) is 16.7. The molecule has 0 radical (unpaired) electrons. The summed E-state index contributed by atoms with van der Waals surface area (Å²) in [5.41, 5.74) is 1.24. The third kappa shape index (κ3) is 5.25. The molecular formula is C21H22ClFN2O4. The first-order chi connectivity index (χ1) is 13.8. The van der Waals surface area contributed by atoms with Crippen LogP contribution in [0.3, 0.4) is 0 Å². The van der Waals surface area contributed by atoms with E-state index in [1.165, 1.54) is 11.0 Å². The molecule has 1 fully saturated rings. The smallest absolute Gasteiger partial charge is 0.323 e. The van der Waals surface area contributed by atoms with E-state index in [-0.39, 0.29) is 19.1 Å². The van der Waals surface area contributed by atoms with Crippen LogP contribution in [0.15, 0.2) is 42.5 Å². The molecule has 1 heterocycles. The zero-order valence-electron chi connectivity index (χ0n) is 16.0. The van der Waals surface area contributed by atoms with E-state index < -0.39 is 17.8 Å². The maximum Gasteiger partial charge on any atom is 0.323 e. The van der Waals surface area contributed by atoms with Gasteiger partial charge in [0.2, 0.25) is 5.91 Å². The fourth-order valence-electron chi connectivity index (χ4n) is 3.30. The predicted octanol–water partition coefficient (Wildman–Crippen LogP) is 3.18. The van der Waals surface area contributed by atoms with E-state index in [0.29, 0.717) is 36.0 Å². The van der Waals surface area contributed by atoms with E-state index in [1.807, 2.05) is 23.1 Å². The molecule has 1 saturated heterocycles. The topological polar surface area (TPSA) is 70.1 Å². The molecule has 0 saturated carbocycles. The molecule has 0 bridgehead atoms. The second-order valence-corrected chi connectivity index (χ2v) is 7.34. The van der Waals surface area contributed by atoms with Gasteiger partial charge < -0.3 is 14.7 Å². The number of aliphatic carboxylic acids is 1. The highest BCUT2D eigenvalue weighted by atomic mass is 35.5. The molecule has 0 aliphatic carbocycles. The van der Waals surface area contributed by atoms with Crippen molar-refractivity contribution in [2.24, 2.45) is 0 Å². The van der Waals surface area contributed by atoms with Crippen LogP contribution in [0.5, 0.6) is 5.75 Å². The fraction of sp³-hybridized carbons (Fsp3) is 0.333. The monoisotopic (exact) mass is 420 g/mol. The van der Waals surface area contributed by atoms with Crippen LogP contribution in [0.4, 0.5) is 4.39 Å². The SMILES string of the molecule is CC1C(=O)N(CC(=O)O)CCN1Cc1cccc(OCc2c(F)cccc2Cl)c1. The molecule has 0 spiro atoms. The quantitative estimate of drug-likeness (QED) is 0.745. The number of benzene rings is 2. The van der Waals surface area contributed by atoms with Crippen molar-refractivity contribution in [3.05, 3.63) is 64.4 Å². The summed E-state index contributed by atoms with van der Waals surface area (Å²) in [6.07, 6.45) is 0. The van der Waals surface area contributed by atoms with Crippen molar-refractivity contribution in [2.45, 2.75) is 26.1 Å². The third-order valence-electron chi connectivity index (χ3n) is 4.93. The minimum atomic E-state index is -1.01. The van der Waals surface area contributed by atoms with Crippen molar-refractivity contribution in [3.63, 3.8) is 0 Å². The standard InChI is InChI=1S/C21H22ClFN2O4/c1-14-21(28)25(12-20(26)27)9-8-24(14)11-15-4-2-5-16(10-15)29-13-17-18(22)6-3-7-19(17)23/h2-7,10,14H,8-9,11-13H2,1H3,(H,26,27). The summed E-state index contributed by atoms with van der Waals surface area (Å²) in [6, 6.07) is 11.5. The third-order valence-corrected chi connectivity index (χ3v) is 5.28. The van der Waals surface area contributed by atoms with Gasteiger partial charge in [-0.3, -0.25) is 14.5 Å². The van der Waals surface area contributed by atoms with Gasteiger partial charge in [0.1, 0.15) is 24.7 Å². The highest BCUT2D eigenvalue weighted by Crippen LogP contribution is 2.23. The van der Waals surface area contributed by atoms with Gasteiger partial charge in [-0.05, 0) is 36.8 Å². The van der Waals surface area contributed by atoms with Crippen LogP contribution in [-0.2, 0) is 22.7 Å². The van der Waals surface area contributed by atoms with Crippen LogP contribution in [0.25, 0.3) is 0 Å². The Morgan fingerprint density at radius 1 is 1.28 bits per heavy atom. The van der Waals surface area contributed by atoms with Gasteiger partial charge in [-0.15, -0.1) is 0 Å². The van der Waals surface area contributed by atoms with Crippen LogP contribution >= 0.6 is 11.6 Å². The van der Waals surface area contributed by atoms with Crippen LogP contribution < -0.4 is 4.74 Å². The molecule has 6 nitrogen and oxygen atoms in total. The minimum absolute atomic E-state index is 0.0116. The maximum absolute atomic E-state index is 13.9. The van der Waals surface area contributed by atoms with Crippen molar-refractivity contribution < 1.29 is 23.8 Å². The van der Waals surface area contributed by atoms with Crippen molar-refractivity contribution >= 4 is 23.5 Å². The number of carbonyl (C=O) groups is 2. The first-order valence-electron chi connectivity index (χ1n) is 9.24. The fourth-order valence-corrected chi connectivity index (χ4v) is 3.52.